The molecule has 0 amide bonds. The number of nitrogens with zero attached hydrogens (tertiary/aromatic N) is 2. The summed E-state index contributed by atoms with van der Waals surface area (Å²) in [6.07, 6.45) is 12.3. The summed E-state index contributed by atoms with van der Waals surface area (Å²) in [6.45, 7) is 2.07. The van der Waals surface area contributed by atoms with Crippen molar-refractivity contribution < 1.29 is 0 Å². The van der Waals surface area contributed by atoms with Crippen LogP contribution in [0.1, 0.15) is 67.4 Å². The third kappa shape index (κ3) is 4.54. The number of thiophene rings is 1. The van der Waals surface area contributed by atoms with Crippen LogP contribution in [0.4, 0.5) is 0 Å². The van der Waals surface area contributed by atoms with Crippen molar-refractivity contribution in [3.8, 4) is 17.1 Å². The molecule has 1 aliphatic carbocycles. The number of hydrogen-bond donors (Lipinski definition) is 0. The first-order valence-corrected chi connectivity index (χ1v) is 13.2. The van der Waals surface area contributed by atoms with E-state index >= 15 is 0 Å². The van der Waals surface area contributed by atoms with Gasteiger partial charge in [0, 0.05) is 10.4 Å². The van der Waals surface area contributed by atoms with E-state index in [0.29, 0.717) is 0 Å². The molecule has 2 aromatic carbocycles. The Morgan fingerprint density at radius 3 is 2.15 bits per heavy atom. The highest BCUT2D eigenvalue weighted by atomic mass is 32.1. The Morgan fingerprint density at radius 1 is 0.788 bits per heavy atom. The molecular formula is C29H32N2OS. The molecule has 2 aromatic heterocycles. The van der Waals surface area contributed by atoms with Gasteiger partial charge in [-0.05, 0) is 49.8 Å². The molecular weight excluding hydrogens is 424 g/mol. The van der Waals surface area contributed by atoms with Gasteiger partial charge in [0.15, 0.2) is 0 Å². The molecule has 3 nitrogen and oxygen atoms in total. The predicted octanol–water partition coefficient (Wildman–Crippen LogP) is 7.64. The van der Waals surface area contributed by atoms with Crippen molar-refractivity contribution in [3.05, 3.63) is 81.0 Å². The van der Waals surface area contributed by atoms with Crippen molar-refractivity contribution in [1.29, 1.82) is 0 Å². The molecule has 33 heavy (non-hydrogen) atoms. The van der Waals surface area contributed by atoms with E-state index in [1.807, 2.05) is 53.1 Å². The van der Waals surface area contributed by atoms with E-state index in [1.54, 1.807) is 11.3 Å². The van der Waals surface area contributed by atoms with E-state index in [4.69, 9.17) is 4.98 Å². The van der Waals surface area contributed by atoms with Gasteiger partial charge in [-0.3, -0.25) is 9.36 Å². The maximum absolute atomic E-state index is 14.2. The van der Waals surface area contributed by atoms with Gasteiger partial charge in [-0.15, -0.1) is 11.3 Å². The lowest BCUT2D eigenvalue weighted by atomic mass is 9.99. The third-order valence-corrected chi connectivity index (χ3v) is 8.06. The fraction of sp³-hybridized carbons (Fsp3) is 0.379. The Bertz CT molecular complexity index is 1300. The van der Waals surface area contributed by atoms with Crippen molar-refractivity contribution in [2.75, 3.05) is 0 Å². The molecule has 4 aromatic rings. The molecule has 2 heterocycles. The van der Waals surface area contributed by atoms with Crippen LogP contribution >= 0.6 is 11.3 Å². The average Bonchev–Trinajstić information content (AvgIpc) is 3.17. The molecule has 0 unspecified atom stereocenters. The maximum atomic E-state index is 14.2. The van der Waals surface area contributed by atoms with Gasteiger partial charge < -0.3 is 0 Å². The molecule has 0 N–H and O–H groups in total. The van der Waals surface area contributed by atoms with Gasteiger partial charge >= 0.3 is 0 Å². The molecule has 0 aliphatic heterocycles. The molecule has 170 valence electrons. The monoisotopic (exact) mass is 456 g/mol. The van der Waals surface area contributed by atoms with Gasteiger partial charge in [-0.25, -0.2) is 4.98 Å². The summed E-state index contributed by atoms with van der Waals surface area (Å²) in [7, 11) is 0. The minimum Gasteiger partial charge on any atom is -0.268 e. The van der Waals surface area contributed by atoms with E-state index in [1.165, 1.54) is 55.4 Å². The second-order valence-corrected chi connectivity index (χ2v) is 10.3. The fourth-order valence-electron chi connectivity index (χ4n) is 5.08. The summed E-state index contributed by atoms with van der Waals surface area (Å²) in [5, 5.41) is 0.856. The van der Waals surface area contributed by atoms with Gasteiger partial charge in [0.2, 0.25) is 0 Å². The van der Waals surface area contributed by atoms with Crippen LogP contribution < -0.4 is 5.56 Å². The number of aryl methyl sites for hydroxylation is 3. The lowest BCUT2D eigenvalue weighted by Gasteiger charge is -2.15. The topological polar surface area (TPSA) is 34.9 Å². The number of rotatable bonds is 2. The zero-order valence-electron chi connectivity index (χ0n) is 19.5. The molecule has 0 saturated carbocycles. The zero-order valence-corrected chi connectivity index (χ0v) is 20.3. The summed E-state index contributed by atoms with van der Waals surface area (Å²) >= 11 is 1.76. The molecule has 0 atom stereocenters. The van der Waals surface area contributed by atoms with E-state index in [2.05, 4.69) is 13.0 Å². The summed E-state index contributed by atoms with van der Waals surface area (Å²) < 4.78 is 1.86. The molecule has 0 saturated heterocycles. The molecule has 0 radical (unpaired) electrons. The number of para-hydroxylation sites is 1. The number of fused-ring (bicyclic) bond motifs is 3. The lowest BCUT2D eigenvalue weighted by molar-refractivity contribution is 0.562. The maximum Gasteiger partial charge on any atom is 0.267 e. The predicted molar refractivity (Wildman–Crippen MR) is 140 cm³/mol. The van der Waals surface area contributed by atoms with Gasteiger partial charge in [-0.1, -0.05) is 87.1 Å². The van der Waals surface area contributed by atoms with Crippen molar-refractivity contribution in [1.82, 2.24) is 9.55 Å². The quantitative estimate of drug-likeness (QED) is 0.311. The largest absolute Gasteiger partial charge is 0.268 e. The van der Waals surface area contributed by atoms with Crippen LogP contribution in [0.25, 0.3) is 27.3 Å². The molecule has 1 aliphatic rings. The van der Waals surface area contributed by atoms with Crippen LogP contribution in [0.5, 0.6) is 0 Å². The highest BCUT2D eigenvalue weighted by molar-refractivity contribution is 7.18. The summed E-state index contributed by atoms with van der Waals surface area (Å²) in [5.74, 6) is 0.736. The molecule has 5 rings (SSSR count). The number of benzene rings is 2. The van der Waals surface area contributed by atoms with Crippen LogP contribution in [0, 0.1) is 6.92 Å². The van der Waals surface area contributed by atoms with Crippen LogP contribution in [0.3, 0.4) is 0 Å². The first-order chi connectivity index (χ1) is 16.2. The van der Waals surface area contributed by atoms with Crippen molar-refractivity contribution in [2.24, 2.45) is 0 Å². The van der Waals surface area contributed by atoms with Crippen molar-refractivity contribution in [2.45, 2.75) is 71.1 Å². The minimum absolute atomic E-state index is 0.0812. The average molecular weight is 457 g/mol. The van der Waals surface area contributed by atoms with E-state index in [9.17, 15) is 4.79 Å². The van der Waals surface area contributed by atoms with Gasteiger partial charge in [0.25, 0.3) is 5.56 Å². The van der Waals surface area contributed by atoms with Crippen LogP contribution in [-0.4, -0.2) is 9.55 Å². The molecule has 0 fully saturated rings. The standard InChI is InChI=1S/C29H32N2OS/c1-21-15-13-14-19-24(21)31-27(22-16-9-8-10-17-22)30-28-26(29(31)32)23-18-11-6-4-2-3-5-7-12-20-25(23)33-28/h8-10,13-17,19H,2-7,11-12,18,20H2,1H3. The fourth-order valence-corrected chi connectivity index (χ4v) is 6.34. The second kappa shape index (κ2) is 10.0. The van der Waals surface area contributed by atoms with Crippen LogP contribution in [0.2, 0.25) is 0 Å². The molecule has 0 spiro atoms. The highest BCUT2D eigenvalue weighted by Crippen LogP contribution is 2.34. The smallest absolute Gasteiger partial charge is 0.267 e. The first-order valence-electron chi connectivity index (χ1n) is 12.4. The number of aromatic nitrogens is 2. The van der Waals surface area contributed by atoms with Gasteiger partial charge in [0.1, 0.15) is 10.7 Å². The van der Waals surface area contributed by atoms with Crippen molar-refractivity contribution >= 4 is 21.6 Å². The third-order valence-electron chi connectivity index (χ3n) is 6.88. The normalized spacial score (nSPS) is 15.5. The van der Waals surface area contributed by atoms with E-state index in [-0.39, 0.29) is 5.56 Å². The minimum atomic E-state index is 0.0812. The molecule has 0 bridgehead atoms. The summed E-state index contributed by atoms with van der Waals surface area (Å²) in [5.41, 5.74) is 4.33. The molecule has 4 heteroatoms. The highest BCUT2D eigenvalue weighted by Gasteiger charge is 2.22. The lowest BCUT2D eigenvalue weighted by Crippen LogP contribution is -2.23. The Kier molecular flexibility index (Phi) is 6.73. The Labute approximate surface area is 200 Å². The van der Waals surface area contributed by atoms with Crippen molar-refractivity contribution in [3.63, 3.8) is 0 Å². The van der Waals surface area contributed by atoms with E-state index < -0.39 is 0 Å². The van der Waals surface area contributed by atoms with Crippen LogP contribution in [-0.2, 0) is 12.8 Å². The Balaban J connectivity index is 1.75. The van der Waals surface area contributed by atoms with Gasteiger partial charge in [0.05, 0.1) is 11.1 Å². The zero-order chi connectivity index (χ0) is 22.6. The SMILES string of the molecule is Cc1ccccc1-n1c(-c2ccccc2)nc2sc3c(c2c1=O)CCCCCCCCCC3. The Hall–Kier alpha value is -2.72. The Morgan fingerprint density at radius 2 is 1.42 bits per heavy atom. The summed E-state index contributed by atoms with van der Waals surface area (Å²) in [6, 6.07) is 18.3. The van der Waals surface area contributed by atoms with E-state index in [0.717, 1.165) is 52.1 Å². The first kappa shape index (κ1) is 22.1. The second-order valence-electron chi connectivity index (χ2n) is 9.24. The van der Waals surface area contributed by atoms with Crippen LogP contribution in [0.15, 0.2) is 59.4 Å². The van der Waals surface area contributed by atoms with Gasteiger partial charge in [-0.2, -0.15) is 0 Å². The summed E-state index contributed by atoms with van der Waals surface area (Å²) in [4.78, 5) is 21.7. The number of hydrogen-bond acceptors (Lipinski definition) is 3.